The van der Waals surface area contributed by atoms with E-state index in [1.165, 1.54) is 41.3 Å². The van der Waals surface area contributed by atoms with Crippen molar-refractivity contribution in [3.05, 3.63) is 114 Å². The fraction of sp³-hybridized carbons (Fsp3) is 0.167. The molecule has 3 atom stereocenters. The molecule has 0 bridgehead atoms. The van der Waals surface area contributed by atoms with Gasteiger partial charge in [0.2, 0.25) is 5.91 Å². The minimum atomic E-state index is -4.58. The number of β-lactam (4-membered cyclic amide) rings is 1. The van der Waals surface area contributed by atoms with Gasteiger partial charge in [-0.25, -0.2) is 4.39 Å². The van der Waals surface area contributed by atoms with Crippen LogP contribution in [0.1, 0.15) is 36.1 Å². The van der Waals surface area contributed by atoms with Crippen molar-refractivity contribution in [3.8, 4) is 16.9 Å². The molecular weight excluding hydrogens is 520 g/mol. The van der Waals surface area contributed by atoms with Gasteiger partial charge in [0.1, 0.15) is 11.6 Å². The normalized spacial score (nSPS) is 18.1. The number of halogens is 1. The summed E-state index contributed by atoms with van der Waals surface area (Å²) in [5, 5.41) is 21.6. The van der Waals surface area contributed by atoms with Crippen LogP contribution in [-0.4, -0.2) is 25.9 Å². The molecule has 4 aromatic carbocycles. The van der Waals surface area contributed by atoms with Crippen LogP contribution in [0.4, 0.5) is 10.1 Å². The average Bonchev–Trinajstić information content (AvgIpc) is 2.93. The van der Waals surface area contributed by atoms with Gasteiger partial charge < -0.3 is 24.9 Å². The number of benzene rings is 4. The van der Waals surface area contributed by atoms with Gasteiger partial charge in [0.25, 0.3) is 0 Å². The molecule has 5 rings (SSSR count). The van der Waals surface area contributed by atoms with Crippen LogP contribution in [0.3, 0.4) is 0 Å². The number of para-hydroxylation sites is 1. The van der Waals surface area contributed by atoms with E-state index < -0.39 is 31.5 Å². The number of amides is 1. The summed E-state index contributed by atoms with van der Waals surface area (Å²) in [6, 6.07) is 24.9. The SMILES string of the molecule is O=C1[C@H](CC[C@H](O)c2ccccc2)[C@@H](c2ccc(-c3ccccc3P(=O)(O)O)cc2O)N1c1ccccc1F. The van der Waals surface area contributed by atoms with Crippen molar-refractivity contribution in [2.45, 2.75) is 25.0 Å². The number of aliphatic hydroxyl groups is 1. The van der Waals surface area contributed by atoms with Crippen LogP contribution < -0.4 is 10.2 Å². The van der Waals surface area contributed by atoms with Gasteiger partial charge in [0.05, 0.1) is 29.1 Å². The van der Waals surface area contributed by atoms with Gasteiger partial charge in [-0.15, -0.1) is 0 Å². The van der Waals surface area contributed by atoms with E-state index in [0.29, 0.717) is 17.5 Å². The summed E-state index contributed by atoms with van der Waals surface area (Å²) in [5.74, 6) is -1.71. The largest absolute Gasteiger partial charge is 0.508 e. The Kier molecular flexibility index (Phi) is 7.38. The number of phenolic OH excluding ortho intramolecular Hbond substituents is 1. The summed E-state index contributed by atoms with van der Waals surface area (Å²) in [7, 11) is -4.58. The summed E-state index contributed by atoms with van der Waals surface area (Å²) < 4.78 is 26.8. The van der Waals surface area contributed by atoms with Gasteiger partial charge in [-0.2, -0.15) is 0 Å². The fourth-order valence-electron chi connectivity index (χ4n) is 5.21. The van der Waals surface area contributed by atoms with Crippen LogP contribution in [0.2, 0.25) is 0 Å². The zero-order valence-corrected chi connectivity index (χ0v) is 21.7. The third-order valence-electron chi connectivity index (χ3n) is 7.14. The standard InChI is InChI=1S/C30H27FNO6P/c31-24-11-5-6-12-25(24)32-29(23(30(32)35)16-17-26(33)19-8-2-1-3-9-19)22-15-14-20(18-27(22)34)21-10-4-7-13-28(21)39(36,37)38/h1-15,18,23,26,29,33-34H,16-17H2,(H2,36,37,38)/t23-,26+,29-/m1/s1. The highest BCUT2D eigenvalue weighted by molar-refractivity contribution is 7.60. The Labute approximate surface area is 225 Å². The Hall–Kier alpha value is -3.81. The number of aliphatic hydroxyl groups excluding tert-OH is 1. The molecule has 0 spiro atoms. The number of aromatic hydroxyl groups is 1. The fourth-order valence-corrected chi connectivity index (χ4v) is 6.01. The molecule has 9 heteroatoms. The van der Waals surface area contributed by atoms with E-state index in [4.69, 9.17) is 0 Å². The second-order valence-electron chi connectivity index (χ2n) is 9.55. The van der Waals surface area contributed by atoms with Gasteiger partial charge in [-0.05, 0) is 53.8 Å². The first-order valence-corrected chi connectivity index (χ1v) is 14.1. The van der Waals surface area contributed by atoms with Crippen molar-refractivity contribution in [2.24, 2.45) is 5.92 Å². The van der Waals surface area contributed by atoms with E-state index in [1.807, 2.05) is 18.2 Å². The molecule has 0 radical (unpaired) electrons. The number of anilines is 1. The summed E-state index contributed by atoms with van der Waals surface area (Å²) in [5.41, 5.74) is 1.83. The van der Waals surface area contributed by atoms with Crippen LogP contribution in [0, 0.1) is 11.7 Å². The maximum atomic E-state index is 14.8. The van der Waals surface area contributed by atoms with Crippen LogP contribution in [0.15, 0.2) is 97.1 Å². The molecule has 7 nitrogen and oxygen atoms in total. The lowest BCUT2D eigenvalue weighted by Crippen LogP contribution is -2.55. The van der Waals surface area contributed by atoms with Crippen molar-refractivity contribution in [1.29, 1.82) is 0 Å². The highest BCUT2D eigenvalue weighted by Gasteiger charge is 2.50. The Morgan fingerprint density at radius 1 is 0.897 bits per heavy atom. The number of carbonyl (C=O) groups is 1. The molecule has 1 heterocycles. The van der Waals surface area contributed by atoms with Crippen LogP contribution in [0.5, 0.6) is 5.75 Å². The number of nitrogens with zero attached hydrogens (tertiary/aromatic N) is 1. The molecule has 0 unspecified atom stereocenters. The third kappa shape index (κ3) is 5.24. The van der Waals surface area contributed by atoms with Crippen LogP contribution >= 0.6 is 7.60 Å². The first-order chi connectivity index (χ1) is 18.7. The summed E-state index contributed by atoms with van der Waals surface area (Å²) in [6.07, 6.45) is -0.203. The van der Waals surface area contributed by atoms with E-state index in [2.05, 4.69) is 0 Å². The molecule has 1 aliphatic heterocycles. The smallest absolute Gasteiger partial charge is 0.356 e. The molecule has 1 fully saturated rings. The van der Waals surface area contributed by atoms with Crippen molar-refractivity contribution in [3.63, 3.8) is 0 Å². The molecule has 4 aromatic rings. The van der Waals surface area contributed by atoms with E-state index in [-0.39, 0.29) is 34.6 Å². The number of rotatable bonds is 8. The monoisotopic (exact) mass is 547 g/mol. The Morgan fingerprint density at radius 2 is 1.56 bits per heavy atom. The van der Waals surface area contributed by atoms with E-state index in [0.717, 1.165) is 5.56 Å². The highest BCUT2D eigenvalue weighted by Crippen LogP contribution is 2.50. The predicted octanol–water partition coefficient (Wildman–Crippen LogP) is 5.22. The van der Waals surface area contributed by atoms with Crippen LogP contribution in [-0.2, 0) is 9.36 Å². The maximum absolute atomic E-state index is 14.8. The molecule has 1 aliphatic rings. The summed E-state index contributed by atoms with van der Waals surface area (Å²) >= 11 is 0. The second kappa shape index (κ2) is 10.8. The Morgan fingerprint density at radius 3 is 2.26 bits per heavy atom. The van der Waals surface area contributed by atoms with Crippen LogP contribution in [0.25, 0.3) is 11.1 Å². The van der Waals surface area contributed by atoms with Gasteiger partial charge in [-0.1, -0.05) is 72.8 Å². The lowest BCUT2D eigenvalue weighted by molar-refractivity contribution is -0.131. The van der Waals surface area contributed by atoms with Crippen molar-refractivity contribution in [1.82, 2.24) is 0 Å². The van der Waals surface area contributed by atoms with Crippen molar-refractivity contribution in [2.75, 3.05) is 4.90 Å². The Balaban J connectivity index is 1.50. The summed E-state index contributed by atoms with van der Waals surface area (Å²) in [6.45, 7) is 0. The first-order valence-electron chi connectivity index (χ1n) is 12.5. The molecule has 0 aromatic heterocycles. The minimum absolute atomic E-state index is 0.0858. The second-order valence-corrected chi connectivity index (χ2v) is 11.1. The lowest BCUT2D eigenvalue weighted by Gasteiger charge is -2.48. The van der Waals surface area contributed by atoms with Gasteiger partial charge in [-0.3, -0.25) is 9.36 Å². The topological polar surface area (TPSA) is 118 Å². The quantitative estimate of drug-likeness (QED) is 0.178. The molecule has 0 saturated carbocycles. The molecule has 4 N–H and O–H groups in total. The zero-order chi connectivity index (χ0) is 27.7. The number of hydrogen-bond acceptors (Lipinski definition) is 4. The lowest BCUT2D eigenvalue weighted by atomic mass is 9.77. The molecule has 200 valence electrons. The summed E-state index contributed by atoms with van der Waals surface area (Å²) in [4.78, 5) is 34.2. The number of hydrogen-bond donors (Lipinski definition) is 4. The molecule has 1 amide bonds. The molecular formula is C30H27FNO6P. The average molecular weight is 548 g/mol. The Bertz CT molecular complexity index is 1560. The predicted molar refractivity (Wildman–Crippen MR) is 146 cm³/mol. The molecule has 0 aliphatic carbocycles. The third-order valence-corrected chi connectivity index (χ3v) is 8.16. The van der Waals surface area contributed by atoms with E-state index >= 15 is 0 Å². The molecule has 1 saturated heterocycles. The highest BCUT2D eigenvalue weighted by atomic mass is 31.2. The van der Waals surface area contributed by atoms with Crippen molar-refractivity contribution >= 4 is 24.5 Å². The zero-order valence-electron chi connectivity index (χ0n) is 20.8. The van der Waals surface area contributed by atoms with E-state index in [9.17, 15) is 33.7 Å². The van der Waals surface area contributed by atoms with E-state index in [1.54, 1.807) is 42.5 Å². The van der Waals surface area contributed by atoms with Gasteiger partial charge in [0.15, 0.2) is 0 Å². The van der Waals surface area contributed by atoms with Crippen molar-refractivity contribution < 1.29 is 33.7 Å². The number of carbonyl (C=O) groups excluding carboxylic acids is 1. The maximum Gasteiger partial charge on any atom is 0.356 e. The first kappa shape index (κ1) is 26.8. The number of phenols is 1. The van der Waals surface area contributed by atoms with Gasteiger partial charge >= 0.3 is 7.60 Å². The molecule has 39 heavy (non-hydrogen) atoms. The minimum Gasteiger partial charge on any atom is -0.508 e. The van der Waals surface area contributed by atoms with Gasteiger partial charge in [0, 0.05) is 5.56 Å².